The second kappa shape index (κ2) is 7.15. The number of aromatic carboxylic acids is 1. The highest BCUT2D eigenvalue weighted by molar-refractivity contribution is 5.94. The van der Waals surface area contributed by atoms with Crippen molar-refractivity contribution in [1.29, 1.82) is 0 Å². The van der Waals surface area contributed by atoms with E-state index >= 15 is 0 Å². The average Bonchev–Trinajstić information content (AvgIpc) is 2.60. The van der Waals surface area contributed by atoms with E-state index < -0.39 is 5.97 Å². The highest BCUT2D eigenvalue weighted by Crippen LogP contribution is 2.46. The summed E-state index contributed by atoms with van der Waals surface area (Å²) in [5.74, 6) is -0.515. The lowest BCUT2D eigenvalue weighted by Crippen LogP contribution is -2.46. The summed E-state index contributed by atoms with van der Waals surface area (Å²) in [4.78, 5) is 27.7. The number of carbonyl (C=O) groups excluding carboxylic acids is 1. The van der Waals surface area contributed by atoms with E-state index in [0.29, 0.717) is 12.2 Å². The molecule has 136 valence electrons. The highest BCUT2D eigenvalue weighted by atomic mass is 16.5. The lowest BCUT2D eigenvalue weighted by molar-refractivity contribution is 0.0694. The summed E-state index contributed by atoms with van der Waals surface area (Å²) in [6, 6.07) is 10.8. The van der Waals surface area contributed by atoms with Crippen LogP contribution in [0.15, 0.2) is 36.4 Å². The summed E-state index contributed by atoms with van der Waals surface area (Å²) in [6.07, 6.45) is 3.08. The number of nitrogens with zero attached hydrogens (tertiary/aromatic N) is 1. The third-order valence-electron chi connectivity index (χ3n) is 5.13. The van der Waals surface area contributed by atoms with Gasteiger partial charge in [0.2, 0.25) is 0 Å². The molecule has 1 amide bonds. The van der Waals surface area contributed by atoms with Gasteiger partial charge in [-0.05, 0) is 38.0 Å². The van der Waals surface area contributed by atoms with Crippen molar-refractivity contribution in [2.45, 2.75) is 31.6 Å². The molecule has 0 atom stereocenters. The summed E-state index contributed by atoms with van der Waals surface area (Å²) in [6.45, 7) is 2.08. The SMILES string of the molecule is COc1ccccc1C1(CNC(=O)c2ccc(C(=O)O)c(C)n2)CCC1. The van der Waals surface area contributed by atoms with Crippen LogP contribution in [0.5, 0.6) is 5.75 Å². The smallest absolute Gasteiger partial charge is 0.337 e. The molecular weight excluding hydrogens is 332 g/mol. The average molecular weight is 354 g/mol. The number of hydrogen-bond donors (Lipinski definition) is 2. The first-order chi connectivity index (χ1) is 12.5. The molecule has 2 N–H and O–H groups in total. The predicted octanol–water partition coefficient (Wildman–Crippen LogP) is 2.95. The van der Waals surface area contributed by atoms with E-state index in [4.69, 9.17) is 9.84 Å². The number of benzene rings is 1. The summed E-state index contributed by atoms with van der Waals surface area (Å²) in [5, 5.41) is 12.0. The minimum Gasteiger partial charge on any atom is -0.496 e. The molecule has 0 bridgehead atoms. The van der Waals surface area contributed by atoms with Gasteiger partial charge < -0.3 is 15.2 Å². The van der Waals surface area contributed by atoms with Crippen molar-refractivity contribution in [1.82, 2.24) is 10.3 Å². The topological polar surface area (TPSA) is 88.5 Å². The zero-order valence-electron chi connectivity index (χ0n) is 14.9. The second-order valence-electron chi connectivity index (χ2n) is 6.65. The van der Waals surface area contributed by atoms with E-state index in [1.807, 2.05) is 24.3 Å². The van der Waals surface area contributed by atoms with E-state index in [1.165, 1.54) is 12.1 Å². The van der Waals surface area contributed by atoms with E-state index in [-0.39, 0.29) is 22.6 Å². The first-order valence-electron chi connectivity index (χ1n) is 8.59. The first-order valence-corrected chi connectivity index (χ1v) is 8.59. The van der Waals surface area contributed by atoms with Crippen LogP contribution in [-0.2, 0) is 5.41 Å². The van der Waals surface area contributed by atoms with Crippen LogP contribution in [0.2, 0.25) is 0 Å². The quantitative estimate of drug-likeness (QED) is 0.833. The van der Waals surface area contributed by atoms with Crippen molar-refractivity contribution in [3.8, 4) is 5.75 Å². The van der Waals surface area contributed by atoms with Gasteiger partial charge in [-0.1, -0.05) is 24.6 Å². The van der Waals surface area contributed by atoms with Crippen LogP contribution < -0.4 is 10.1 Å². The van der Waals surface area contributed by atoms with Crippen molar-refractivity contribution < 1.29 is 19.4 Å². The molecule has 0 radical (unpaired) electrons. The fourth-order valence-corrected chi connectivity index (χ4v) is 3.48. The van der Waals surface area contributed by atoms with E-state index in [1.54, 1.807) is 14.0 Å². The molecule has 1 aromatic heterocycles. The van der Waals surface area contributed by atoms with Crippen LogP contribution in [0, 0.1) is 6.92 Å². The molecule has 2 aromatic rings. The maximum atomic E-state index is 12.5. The number of hydrogen-bond acceptors (Lipinski definition) is 4. The Hall–Kier alpha value is -2.89. The van der Waals surface area contributed by atoms with E-state index in [2.05, 4.69) is 10.3 Å². The number of carboxylic acid groups (broad SMARTS) is 1. The van der Waals surface area contributed by atoms with Crippen molar-refractivity contribution in [3.05, 3.63) is 58.9 Å². The van der Waals surface area contributed by atoms with E-state index in [9.17, 15) is 9.59 Å². The van der Waals surface area contributed by atoms with Gasteiger partial charge in [0, 0.05) is 17.5 Å². The molecule has 1 fully saturated rings. The number of aromatic nitrogens is 1. The zero-order chi connectivity index (χ0) is 18.7. The van der Waals surface area contributed by atoms with Gasteiger partial charge in [0.05, 0.1) is 18.4 Å². The van der Waals surface area contributed by atoms with Crippen molar-refractivity contribution in [2.24, 2.45) is 0 Å². The Balaban J connectivity index is 1.76. The lowest BCUT2D eigenvalue weighted by atomic mass is 9.64. The van der Waals surface area contributed by atoms with Gasteiger partial charge in [0.1, 0.15) is 11.4 Å². The molecule has 1 saturated carbocycles. The van der Waals surface area contributed by atoms with Gasteiger partial charge in [-0.25, -0.2) is 9.78 Å². The van der Waals surface area contributed by atoms with Gasteiger partial charge in [-0.15, -0.1) is 0 Å². The van der Waals surface area contributed by atoms with Crippen LogP contribution in [0.25, 0.3) is 0 Å². The standard InChI is InChI=1S/C20H22N2O4/c1-13-14(19(24)25)8-9-16(22-13)18(23)21-12-20(10-5-11-20)15-6-3-4-7-17(15)26-2/h3-4,6-9H,5,10-12H2,1-2H3,(H,21,23)(H,24,25). The number of ether oxygens (including phenoxy) is 1. The number of amides is 1. The van der Waals surface area contributed by atoms with Crippen LogP contribution in [-0.4, -0.2) is 35.6 Å². The monoisotopic (exact) mass is 354 g/mol. The molecule has 1 heterocycles. The fourth-order valence-electron chi connectivity index (χ4n) is 3.48. The molecule has 1 aromatic carbocycles. The Labute approximate surface area is 152 Å². The molecular formula is C20H22N2O4. The van der Waals surface area contributed by atoms with Crippen molar-refractivity contribution >= 4 is 11.9 Å². The first kappa shape index (κ1) is 17.9. The number of carbonyl (C=O) groups is 2. The summed E-state index contributed by atoms with van der Waals surface area (Å²) in [7, 11) is 1.65. The third-order valence-corrected chi connectivity index (χ3v) is 5.13. The Kier molecular flexibility index (Phi) is 4.93. The van der Waals surface area contributed by atoms with Crippen LogP contribution in [0.3, 0.4) is 0 Å². The van der Waals surface area contributed by atoms with Gasteiger partial charge in [-0.2, -0.15) is 0 Å². The largest absolute Gasteiger partial charge is 0.496 e. The molecule has 3 rings (SSSR count). The van der Waals surface area contributed by atoms with Gasteiger partial charge in [0.15, 0.2) is 0 Å². The van der Waals surface area contributed by atoms with E-state index in [0.717, 1.165) is 30.6 Å². The number of nitrogens with one attached hydrogen (secondary N) is 1. The van der Waals surface area contributed by atoms with Gasteiger partial charge >= 0.3 is 5.97 Å². The molecule has 0 unspecified atom stereocenters. The molecule has 1 aliphatic rings. The molecule has 6 heteroatoms. The Morgan fingerprint density at radius 2 is 1.96 bits per heavy atom. The molecule has 26 heavy (non-hydrogen) atoms. The number of methoxy groups -OCH3 is 1. The fraction of sp³-hybridized carbons (Fsp3) is 0.350. The maximum absolute atomic E-state index is 12.5. The molecule has 0 aliphatic heterocycles. The summed E-state index contributed by atoms with van der Waals surface area (Å²) >= 11 is 0. The van der Waals surface area contributed by atoms with Crippen LogP contribution in [0.1, 0.15) is 51.4 Å². The molecule has 1 aliphatic carbocycles. The molecule has 0 spiro atoms. The lowest BCUT2D eigenvalue weighted by Gasteiger charge is -2.43. The Morgan fingerprint density at radius 3 is 2.54 bits per heavy atom. The zero-order valence-corrected chi connectivity index (χ0v) is 14.9. The second-order valence-corrected chi connectivity index (χ2v) is 6.65. The Morgan fingerprint density at radius 1 is 1.23 bits per heavy atom. The number of pyridine rings is 1. The number of aryl methyl sites for hydroxylation is 1. The summed E-state index contributed by atoms with van der Waals surface area (Å²) in [5.41, 5.74) is 1.64. The third kappa shape index (κ3) is 3.27. The predicted molar refractivity (Wildman–Crippen MR) is 96.8 cm³/mol. The Bertz CT molecular complexity index is 843. The van der Waals surface area contributed by atoms with Gasteiger partial charge in [-0.3, -0.25) is 4.79 Å². The maximum Gasteiger partial charge on any atom is 0.337 e. The minimum absolute atomic E-state index is 0.103. The van der Waals surface area contributed by atoms with Crippen molar-refractivity contribution in [2.75, 3.05) is 13.7 Å². The number of para-hydroxylation sites is 1. The molecule has 6 nitrogen and oxygen atoms in total. The number of rotatable bonds is 6. The summed E-state index contributed by atoms with van der Waals surface area (Å²) < 4.78 is 5.49. The van der Waals surface area contributed by atoms with Crippen LogP contribution >= 0.6 is 0 Å². The van der Waals surface area contributed by atoms with Crippen molar-refractivity contribution in [3.63, 3.8) is 0 Å². The van der Waals surface area contributed by atoms with Crippen LogP contribution in [0.4, 0.5) is 0 Å². The number of carboxylic acids is 1. The normalized spacial score (nSPS) is 15.0. The molecule has 0 saturated heterocycles. The van der Waals surface area contributed by atoms with Gasteiger partial charge in [0.25, 0.3) is 5.91 Å². The highest BCUT2D eigenvalue weighted by Gasteiger charge is 2.40. The minimum atomic E-state index is -1.05.